The van der Waals surface area contributed by atoms with E-state index in [4.69, 9.17) is 26.5 Å². The molecule has 4 N–H and O–H groups in total. The Kier molecular flexibility index (Phi) is 9.31. The zero-order chi connectivity index (χ0) is 29.2. The molecule has 1 saturated carbocycles. The number of ether oxygens (including phenoxy) is 1. The summed E-state index contributed by atoms with van der Waals surface area (Å²) in [6, 6.07) is 8.80. The molecule has 1 aromatic carbocycles. The number of halogens is 1. The normalized spacial score (nSPS) is 25.1. The Balaban J connectivity index is 1.68. The van der Waals surface area contributed by atoms with Crippen molar-refractivity contribution in [3.63, 3.8) is 0 Å². The first kappa shape index (κ1) is 30.5. The van der Waals surface area contributed by atoms with Gasteiger partial charge in [-0.15, -0.1) is 0 Å². The van der Waals surface area contributed by atoms with E-state index < -0.39 is 17.7 Å². The molecule has 5 atom stereocenters. The Bertz CT molecular complexity index is 1210. The molecule has 1 aliphatic heterocycles. The highest BCUT2D eigenvalue weighted by Crippen LogP contribution is 2.46. The van der Waals surface area contributed by atoms with Crippen LogP contribution in [0.4, 0.5) is 4.79 Å². The van der Waals surface area contributed by atoms with Gasteiger partial charge in [-0.2, -0.15) is 4.79 Å². The van der Waals surface area contributed by atoms with Gasteiger partial charge in [-0.1, -0.05) is 23.7 Å². The van der Waals surface area contributed by atoms with Crippen LogP contribution >= 0.6 is 11.6 Å². The maximum atomic E-state index is 13.5. The van der Waals surface area contributed by atoms with Gasteiger partial charge in [0, 0.05) is 43.0 Å². The minimum absolute atomic E-state index is 0.0180. The van der Waals surface area contributed by atoms with Crippen LogP contribution in [-0.4, -0.2) is 84.6 Å². The lowest BCUT2D eigenvalue weighted by molar-refractivity contribution is -0.817. The number of carbonyl (C=O) groups excluding carboxylic acids is 2. The fourth-order valence-electron chi connectivity index (χ4n) is 6.42. The topological polar surface area (TPSA) is 126 Å². The number of hydrogen-bond donors (Lipinski definition) is 3. The summed E-state index contributed by atoms with van der Waals surface area (Å²) >= 11 is 6.74. The molecule has 2 heterocycles. The number of nitrogens with two attached hydrogens (primary N) is 1. The van der Waals surface area contributed by atoms with Gasteiger partial charge >= 0.3 is 6.09 Å². The fraction of sp³-hybridized carbons (Fsp3) is 0.600. The Labute approximate surface area is 241 Å². The second kappa shape index (κ2) is 12.2. The largest absolute Gasteiger partial charge is 0.515 e. The summed E-state index contributed by atoms with van der Waals surface area (Å²) < 4.78 is 11.0. The molecule has 10 heteroatoms. The maximum Gasteiger partial charge on any atom is 0.515 e. The van der Waals surface area contributed by atoms with Crippen LogP contribution in [0.15, 0.2) is 34.7 Å². The Morgan fingerprint density at radius 3 is 2.62 bits per heavy atom. The molecule has 1 saturated heterocycles. The van der Waals surface area contributed by atoms with Gasteiger partial charge in [-0.25, -0.2) is 4.48 Å². The highest BCUT2D eigenvalue weighted by Gasteiger charge is 2.45. The van der Waals surface area contributed by atoms with Gasteiger partial charge in [-0.05, 0) is 62.8 Å². The lowest BCUT2D eigenvalue weighted by Crippen LogP contribution is -2.50. The average Bonchev–Trinajstić information content (AvgIpc) is 3.51. The number of nitrogens with zero attached hydrogens (tertiary/aromatic N) is 2. The second-order valence-electron chi connectivity index (χ2n) is 12.0. The summed E-state index contributed by atoms with van der Waals surface area (Å²) in [5.41, 5.74) is 5.92. The van der Waals surface area contributed by atoms with Crippen LogP contribution in [0.3, 0.4) is 0 Å². The van der Waals surface area contributed by atoms with Crippen LogP contribution < -0.4 is 5.73 Å². The summed E-state index contributed by atoms with van der Waals surface area (Å²) in [6.07, 6.45) is 2.11. The molecule has 1 aliphatic carbocycles. The van der Waals surface area contributed by atoms with Crippen molar-refractivity contribution in [1.82, 2.24) is 4.90 Å². The molecule has 4 rings (SSSR count). The Morgan fingerprint density at radius 2 is 2.00 bits per heavy atom. The van der Waals surface area contributed by atoms with E-state index in [9.17, 15) is 19.8 Å². The number of hydrogen-bond acceptors (Lipinski definition) is 7. The predicted molar refractivity (Wildman–Crippen MR) is 152 cm³/mol. The average molecular weight is 577 g/mol. The van der Waals surface area contributed by atoms with Crippen LogP contribution in [0.5, 0.6) is 0 Å². The monoisotopic (exact) mass is 576 g/mol. The molecule has 2 aromatic rings. The van der Waals surface area contributed by atoms with Crippen LogP contribution in [-0.2, 0) is 15.1 Å². The summed E-state index contributed by atoms with van der Waals surface area (Å²) in [7, 11) is 4.93. The van der Waals surface area contributed by atoms with Crippen LogP contribution in [0, 0.1) is 18.8 Å². The number of aliphatic hydroxyl groups excluding tert-OH is 1. The van der Waals surface area contributed by atoms with Gasteiger partial charge in [0.2, 0.25) is 5.91 Å². The molecule has 2 amide bonds. The minimum atomic E-state index is -1.36. The maximum absolute atomic E-state index is 13.5. The molecule has 2 aliphatic rings. The minimum Gasteiger partial charge on any atom is -0.461 e. The Hall–Kier alpha value is -2.43. The first-order valence-corrected chi connectivity index (χ1v) is 14.5. The lowest BCUT2D eigenvalue weighted by atomic mass is 9.72. The van der Waals surface area contributed by atoms with Crippen LogP contribution in [0.1, 0.15) is 49.8 Å². The molecule has 0 unspecified atom stereocenters. The summed E-state index contributed by atoms with van der Waals surface area (Å²) in [5, 5.41) is 23.3. The number of rotatable bonds is 8. The molecule has 0 spiro atoms. The zero-order valence-corrected chi connectivity index (χ0v) is 24.7. The van der Waals surface area contributed by atoms with Crippen molar-refractivity contribution in [3.8, 4) is 11.3 Å². The molecular formula is C30H43ClN3O6+. The van der Waals surface area contributed by atoms with Crippen molar-refractivity contribution in [2.24, 2.45) is 17.6 Å². The number of likely N-dealkylation sites (tertiary alicyclic amines) is 1. The fourth-order valence-corrected chi connectivity index (χ4v) is 6.69. The first-order chi connectivity index (χ1) is 18.9. The molecule has 9 nitrogen and oxygen atoms in total. The van der Waals surface area contributed by atoms with E-state index >= 15 is 0 Å². The lowest BCUT2D eigenvalue weighted by Gasteiger charge is -2.44. The number of aliphatic hydroxyl groups is 2. The quantitative estimate of drug-likeness (QED) is 0.405. The number of amides is 2. The van der Waals surface area contributed by atoms with Gasteiger partial charge in [0.25, 0.3) is 0 Å². The third-order valence-electron chi connectivity index (χ3n) is 8.75. The Morgan fingerprint density at radius 1 is 1.25 bits per heavy atom. The molecule has 220 valence electrons. The molecule has 2 fully saturated rings. The second-order valence-corrected chi connectivity index (χ2v) is 12.4. The first-order valence-electron chi connectivity index (χ1n) is 14.1. The number of quaternary nitrogens is 1. The number of aryl methyl sites for hydroxylation is 1. The molecule has 0 bridgehead atoms. The van der Waals surface area contributed by atoms with Gasteiger partial charge in [0.15, 0.2) is 0 Å². The van der Waals surface area contributed by atoms with Gasteiger partial charge in [0.1, 0.15) is 11.5 Å². The van der Waals surface area contributed by atoms with E-state index in [-0.39, 0.29) is 28.3 Å². The number of piperidine rings is 1. The molecular weight excluding hydrogens is 534 g/mol. The van der Waals surface area contributed by atoms with Crippen molar-refractivity contribution in [3.05, 3.63) is 46.7 Å². The van der Waals surface area contributed by atoms with Crippen molar-refractivity contribution in [2.45, 2.75) is 63.2 Å². The van der Waals surface area contributed by atoms with Gasteiger partial charge < -0.3 is 30.0 Å². The smallest absolute Gasteiger partial charge is 0.461 e. The zero-order valence-electron chi connectivity index (χ0n) is 23.9. The van der Waals surface area contributed by atoms with Gasteiger partial charge in [-0.3, -0.25) is 4.79 Å². The molecule has 1 aromatic heterocycles. The SMILES string of the molecule is COC(=O)[N+](C)(C)CCC[C@@](O)(c1cccc(Cl)c1-c1ccc(C)o1)[C@@H]1CCCN(C(=O)[C@H]2C[C@@H](N)[C@@H](O)C2)C1. The van der Waals surface area contributed by atoms with Crippen LogP contribution in [0.2, 0.25) is 5.02 Å². The summed E-state index contributed by atoms with van der Waals surface area (Å²) in [5.74, 6) is 0.679. The standard InChI is InChI=1S/C30H43ClN3O6/c1-19-11-12-26(40-19)27-22(9-5-10-23(27)31)30(38,13-7-15-34(2,3)29(37)39-4)21-8-6-14-33(18-21)28(36)20-16-24(32)25(35)17-20/h5,9-12,20-21,24-25,35,38H,6-8,13-18,32H2,1-4H3/q+1/t20-,21+,24+,25-,30-/m0/s1. The number of furan rings is 1. The van der Waals surface area contributed by atoms with Crippen molar-refractivity contribution >= 4 is 23.6 Å². The van der Waals surface area contributed by atoms with Crippen LogP contribution in [0.25, 0.3) is 11.3 Å². The predicted octanol–water partition coefficient (Wildman–Crippen LogP) is 4.06. The van der Waals surface area contributed by atoms with E-state index in [1.54, 1.807) is 20.2 Å². The third kappa shape index (κ3) is 6.24. The third-order valence-corrected chi connectivity index (χ3v) is 9.06. The molecule has 40 heavy (non-hydrogen) atoms. The highest BCUT2D eigenvalue weighted by atomic mass is 35.5. The van der Waals surface area contributed by atoms with Crippen molar-refractivity contribution < 1.29 is 33.4 Å². The molecule has 0 radical (unpaired) electrons. The highest BCUT2D eigenvalue weighted by molar-refractivity contribution is 6.33. The van der Waals surface area contributed by atoms with Crippen molar-refractivity contribution in [1.29, 1.82) is 0 Å². The van der Waals surface area contributed by atoms with Crippen molar-refractivity contribution in [2.75, 3.05) is 40.8 Å². The number of methoxy groups -OCH3 is 1. The van der Waals surface area contributed by atoms with E-state index in [1.807, 2.05) is 36.1 Å². The van der Waals surface area contributed by atoms with E-state index in [2.05, 4.69) is 0 Å². The summed E-state index contributed by atoms with van der Waals surface area (Å²) in [6.45, 7) is 3.28. The number of carbonyl (C=O) groups is 2. The van der Waals surface area contributed by atoms with E-state index in [0.29, 0.717) is 73.6 Å². The summed E-state index contributed by atoms with van der Waals surface area (Å²) in [4.78, 5) is 27.6. The number of benzene rings is 1. The van der Waals surface area contributed by atoms with E-state index in [0.717, 1.165) is 12.2 Å². The van der Waals surface area contributed by atoms with Gasteiger partial charge in [0.05, 0.1) is 44.5 Å². The van der Waals surface area contributed by atoms with E-state index in [1.165, 1.54) is 7.11 Å².